The molecule has 5 rings (SSSR count). The van der Waals surface area contributed by atoms with E-state index in [0.29, 0.717) is 17.0 Å². The van der Waals surface area contributed by atoms with Gasteiger partial charge in [0.1, 0.15) is 22.2 Å². The molecule has 0 spiro atoms. The Morgan fingerprint density at radius 1 is 1.17 bits per heavy atom. The highest BCUT2D eigenvalue weighted by Gasteiger charge is 2.24. The van der Waals surface area contributed by atoms with Gasteiger partial charge in [-0.25, -0.2) is 14.2 Å². The van der Waals surface area contributed by atoms with Crippen molar-refractivity contribution in [2.24, 2.45) is 0 Å². The third-order valence-electron chi connectivity index (χ3n) is 5.34. The Balaban J connectivity index is 1.67. The summed E-state index contributed by atoms with van der Waals surface area (Å²) >= 11 is 1.09. The molecule has 1 N–H and O–H groups in total. The van der Waals surface area contributed by atoms with Crippen molar-refractivity contribution < 1.29 is 18.7 Å². The maximum atomic E-state index is 13.5. The number of hydrogen-bond acceptors (Lipinski definition) is 7. The van der Waals surface area contributed by atoms with E-state index in [1.54, 1.807) is 42.0 Å². The van der Waals surface area contributed by atoms with Crippen molar-refractivity contribution in [3.63, 3.8) is 0 Å². The molecule has 1 aromatic carbocycles. The molecular weight excluding hydrogens is 473 g/mol. The molecule has 1 amide bonds. The molecule has 9 nitrogen and oxygen atoms in total. The standard InChI is InChI=1S/C24H18FN5O4S/c1-3-34-24(33)19-16-12-35-22(18(16)23(32)30(28-19)15-9-7-14(25)8-10-15)27-21(31)20-13(2)26-17-6-4-5-11-29(17)20/h4-12H,3H2,1-2H3,(H,27,31). The lowest BCUT2D eigenvalue weighted by molar-refractivity contribution is 0.0520. The van der Waals surface area contributed by atoms with Gasteiger partial charge in [-0.2, -0.15) is 9.78 Å². The van der Waals surface area contributed by atoms with Crippen LogP contribution in [-0.4, -0.2) is 37.6 Å². The lowest BCUT2D eigenvalue weighted by Gasteiger charge is -2.10. The zero-order valence-corrected chi connectivity index (χ0v) is 19.4. The first-order valence-electron chi connectivity index (χ1n) is 10.6. The summed E-state index contributed by atoms with van der Waals surface area (Å²) in [6.45, 7) is 3.49. The molecule has 0 radical (unpaired) electrons. The molecule has 176 valence electrons. The maximum Gasteiger partial charge on any atom is 0.359 e. The average molecular weight is 492 g/mol. The second-order valence-corrected chi connectivity index (χ2v) is 8.42. The summed E-state index contributed by atoms with van der Waals surface area (Å²) in [4.78, 5) is 43.8. The van der Waals surface area contributed by atoms with Crippen LogP contribution in [0, 0.1) is 12.7 Å². The summed E-state index contributed by atoms with van der Waals surface area (Å²) in [6.07, 6.45) is 1.72. The van der Waals surface area contributed by atoms with Crippen LogP contribution in [0.5, 0.6) is 0 Å². The summed E-state index contributed by atoms with van der Waals surface area (Å²) in [7, 11) is 0. The number of fused-ring (bicyclic) bond motifs is 2. The van der Waals surface area contributed by atoms with Crippen LogP contribution in [0.15, 0.2) is 58.8 Å². The Labute approximate surface area is 201 Å². The molecule has 0 aliphatic carbocycles. The van der Waals surface area contributed by atoms with Gasteiger partial charge in [-0.05, 0) is 50.2 Å². The quantitative estimate of drug-likeness (QED) is 0.373. The number of esters is 1. The molecular formula is C24H18FN5O4S. The van der Waals surface area contributed by atoms with Gasteiger partial charge < -0.3 is 10.1 Å². The van der Waals surface area contributed by atoms with Gasteiger partial charge in [0.2, 0.25) is 0 Å². The number of ether oxygens (including phenoxy) is 1. The number of aromatic nitrogens is 4. The van der Waals surface area contributed by atoms with Crippen LogP contribution in [0.4, 0.5) is 9.39 Å². The van der Waals surface area contributed by atoms with Crippen molar-refractivity contribution >= 4 is 44.6 Å². The van der Waals surface area contributed by atoms with Crippen LogP contribution in [0.1, 0.15) is 33.6 Å². The summed E-state index contributed by atoms with van der Waals surface area (Å²) in [5.74, 6) is -1.67. The van der Waals surface area contributed by atoms with Crippen molar-refractivity contribution in [3.05, 3.63) is 87.3 Å². The Bertz CT molecular complexity index is 1670. The number of nitrogens with one attached hydrogen (secondary N) is 1. The summed E-state index contributed by atoms with van der Waals surface area (Å²) in [5, 5.41) is 9.15. The third kappa shape index (κ3) is 3.85. The topological polar surface area (TPSA) is 108 Å². The number of amides is 1. The van der Waals surface area contributed by atoms with E-state index in [1.165, 1.54) is 24.3 Å². The Hall–Kier alpha value is -4.38. The second kappa shape index (κ2) is 8.76. The van der Waals surface area contributed by atoms with Crippen LogP contribution in [0.3, 0.4) is 0 Å². The monoisotopic (exact) mass is 491 g/mol. The number of halogens is 1. The molecule has 0 unspecified atom stereocenters. The number of benzene rings is 1. The molecule has 0 atom stereocenters. The van der Waals surface area contributed by atoms with Crippen LogP contribution >= 0.6 is 11.3 Å². The van der Waals surface area contributed by atoms with E-state index in [1.807, 2.05) is 6.07 Å². The number of nitrogens with zero attached hydrogens (tertiary/aromatic N) is 4. The van der Waals surface area contributed by atoms with Crippen LogP contribution in [0.2, 0.25) is 0 Å². The van der Waals surface area contributed by atoms with Crippen molar-refractivity contribution in [1.82, 2.24) is 19.2 Å². The predicted octanol–water partition coefficient (Wildman–Crippen LogP) is 3.97. The molecule has 4 heterocycles. The van der Waals surface area contributed by atoms with Gasteiger partial charge in [0.15, 0.2) is 5.69 Å². The van der Waals surface area contributed by atoms with E-state index >= 15 is 0 Å². The van der Waals surface area contributed by atoms with Gasteiger partial charge in [-0.3, -0.25) is 14.0 Å². The molecule has 0 aliphatic heterocycles. The van der Waals surface area contributed by atoms with E-state index in [2.05, 4.69) is 15.4 Å². The number of anilines is 1. The molecule has 0 saturated carbocycles. The lowest BCUT2D eigenvalue weighted by atomic mass is 10.2. The summed E-state index contributed by atoms with van der Waals surface area (Å²) in [6, 6.07) is 10.5. The molecule has 0 bridgehead atoms. The minimum atomic E-state index is -0.721. The van der Waals surface area contributed by atoms with Gasteiger partial charge in [0, 0.05) is 17.0 Å². The Morgan fingerprint density at radius 3 is 2.69 bits per heavy atom. The highest BCUT2D eigenvalue weighted by atomic mass is 32.1. The van der Waals surface area contributed by atoms with E-state index in [4.69, 9.17) is 4.74 Å². The average Bonchev–Trinajstić information content (AvgIpc) is 3.40. The summed E-state index contributed by atoms with van der Waals surface area (Å²) < 4.78 is 21.2. The van der Waals surface area contributed by atoms with Gasteiger partial charge in [-0.1, -0.05) is 6.07 Å². The van der Waals surface area contributed by atoms with E-state index in [0.717, 1.165) is 16.0 Å². The van der Waals surface area contributed by atoms with Gasteiger partial charge in [0.25, 0.3) is 11.5 Å². The van der Waals surface area contributed by atoms with Crippen molar-refractivity contribution in [2.45, 2.75) is 13.8 Å². The molecule has 0 fully saturated rings. The number of imidazole rings is 1. The van der Waals surface area contributed by atoms with Crippen LogP contribution < -0.4 is 10.9 Å². The Morgan fingerprint density at radius 2 is 1.94 bits per heavy atom. The van der Waals surface area contributed by atoms with E-state index < -0.39 is 23.3 Å². The minimum absolute atomic E-state index is 0.0893. The van der Waals surface area contributed by atoms with Crippen LogP contribution in [-0.2, 0) is 4.74 Å². The molecule has 5 aromatic rings. The van der Waals surface area contributed by atoms with Crippen molar-refractivity contribution in [2.75, 3.05) is 11.9 Å². The zero-order valence-electron chi connectivity index (χ0n) is 18.6. The fourth-order valence-corrected chi connectivity index (χ4v) is 4.73. The van der Waals surface area contributed by atoms with Crippen molar-refractivity contribution in [1.29, 1.82) is 0 Å². The summed E-state index contributed by atoms with van der Waals surface area (Å²) in [5.41, 5.74) is 1.04. The fraction of sp³-hybridized carbons (Fsp3) is 0.125. The molecule has 35 heavy (non-hydrogen) atoms. The molecule has 0 saturated heterocycles. The number of hydrogen-bond donors (Lipinski definition) is 1. The first kappa shape index (κ1) is 22.4. The van der Waals surface area contributed by atoms with E-state index in [-0.39, 0.29) is 33.8 Å². The first-order chi connectivity index (χ1) is 16.9. The van der Waals surface area contributed by atoms with Gasteiger partial charge in [0.05, 0.1) is 23.4 Å². The number of carbonyl (C=O) groups is 2. The van der Waals surface area contributed by atoms with Crippen LogP contribution in [0.25, 0.3) is 22.1 Å². The first-order valence-corrected chi connectivity index (χ1v) is 11.5. The SMILES string of the molecule is CCOC(=O)c1nn(-c2ccc(F)cc2)c(=O)c2c(NC(=O)c3c(C)nc4ccccn34)scc12. The van der Waals surface area contributed by atoms with Crippen molar-refractivity contribution in [3.8, 4) is 5.69 Å². The minimum Gasteiger partial charge on any atom is -0.461 e. The molecule has 0 aliphatic rings. The molecule has 4 aromatic heterocycles. The maximum absolute atomic E-state index is 13.5. The van der Waals surface area contributed by atoms with Gasteiger partial charge in [-0.15, -0.1) is 11.3 Å². The number of carbonyl (C=O) groups excluding carboxylic acids is 2. The van der Waals surface area contributed by atoms with Gasteiger partial charge >= 0.3 is 5.97 Å². The van der Waals surface area contributed by atoms with E-state index in [9.17, 15) is 18.8 Å². The lowest BCUT2D eigenvalue weighted by Crippen LogP contribution is -2.25. The highest BCUT2D eigenvalue weighted by molar-refractivity contribution is 7.16. The zero-order chi connectivity index (χ0) is 24.7. The number of rotatable bonds is 5. The second-order valence-electron chi connectivity index (χ2n) is 7.54. The number of pyridine rings is 1. The smallest absolute Gasteiger partial charge is 0.359 e. The number of aryl methyl sites for hydroxylation is 1. The normalized spacial score (nSPS) is 11.2. The highest BCUT2D eigenvalue weighted by Crippen LogP contribution is 2.31. The third-order valence-corrected chi connectivity index (χ3v) is 6.23. The Kier molecular flexibility index (Phi) is 5.61. The predicted molar refractivity (Wildman–Crippen MR) is 129 cm³/mol. The molecule has 11 heteroatoms. The fourth-order valence-electron chi connectivity index (χ4n) is 3.80. The largest absolute Gasteiger partial charge is 0.461 e. The number of thiophene rings is 1.